The van der Waals surface area contributed by atoms with Crippen LogP contribution in [0.15, 0.2) is 29.1 Å². The van der Waals surface area contributed by atoms with Crippen LogP contribution in [-0.4, -0.2) is 46.3 Å². The van der Waals surface area contributed by atoms with E-state index in [9.17, 15) is 14.4 Å². The third kappa shape index (κ3) is 4.43. The molecule has 3 rings (SSSR count). The Kier molecular flexibility index (Phi) is 5.42. The predicted octanol–water partition coefficient (Wildman–Crippen LogP) is 0.984. The molecule has 2 N–H and O–H groups in total. The Morgan fingerprint density at radius 2 is 2.08 bits per heavy atom. The van der Waals surface area contributed by atoms with E-state index in [1.165, 1.54) is 0 Å². The molecule has 1 fully saturated rings. The first kappa shape index (κ1) is 17.1. The maximum atomic E-state index is 12.0. The van der Waals surface area contributed by atoms with Gasteiger partial charge in [0.05, 0.1) is 11.0 Å². The number of H-pyrrole nitrogens is 1. The van der Waals surface area contributed by atoms with Crippen molar-refractivity contribution in [3.05, 3.63) is 40.3 Å². The van der Waals surface area contributed by atoms with Crippen molar-refractivity contribution in [3.8, 4) is 0 Å². The monoisotopic (exact) mass is 342 g/mol. The molecule has 0 spiro atoms. The van der Waals surface area contributed by atoms with Gasteiger partial charge in [0, 0.05) is 38.9 Å². The van der Waals surface area contributed by atoms with Gasteiger partial charge in [0.2, 0.25) is 11.8 Å². The van der Waals surface area contributed by atoms with Crippen LogP contribution in [0, 0.1) is 0 Å². The predicted molar refractivity (Wildman–Crippen MR) is 94.1 cm³/mol. The van der Waals surface area contributed by atoms with Gasteiger partial charge in [0.25, 0.3) is 5.56 Å². The lowest BCUT2D eigenvalue weighted by atomic mass is 10.1. The van der Waals surface area contributed by atoms with Crippen LogP contribution < -0.4 is 10.9 Å². The van der Waals surface area contributed by atoms with Crippen LogP contribution in [0.1, 0.15) is 31.4 Å². The maximum absolute atomic E-state index is 12.0. The van der Waals surface area contributed by atoms with Gasteiger partial charge in [-0.15, -0.1) is 0 Å². The van der Waals surface area contributed by atoms with E-state index in [1.807, 2.05) is 18.2 Å². The summed E-state index contributed by atoms with van der Waals surface area (Å²) < 4.78 is 0. The van der Waals surface area contributed by atoms with Gasteiger partial charge in [-0.2, -0.15) is 0 Å². The normalized spacial score (nSPS) is 14.7. The number of aromatic amines is 1. The van der Waals surface area contributed by atoms with E-state index >= 15 is 0 Å². The van der Waals surface area contributed by atoms with Crippen LogP contribution in [0.5, 0.6) is 0 Å². The van der Waals surface area contributed by atoms with Crippen molar-refractivity contribution in [1.29, 1.82) is 0 Å². The Bertz CT molecular complexity index is 830. The van der Waals surface area contributed by atoms with E-state index in [0.29, 0.717) is 36.2 Å². The van der Waals surface area contributed by atoms with Gasteiger partial charge in [0.15, 0.2) is 0 Å². The van der Waals surface area contributed by atoms with Crippen molar-refractivity contribution in [3.63, 3.8) is 0 Å². The van der Waals surface area contributed by atoms with Crippen molar-refractivity contribution in [1.82, 2.24) is 20.2 Å². The fourth-order valence-electron chi connectivity index (χ4n) is 2.99. The van der Waals surface area contributed by atoms with Gasteiger partial charge < -0.3 is 15.2 Å². The van der Waals surface area contributed by atoms with Crippen molar-refractivity contribution in [2.24, 2.45) is 0 Å². The Morgan fingerprint density at radius 1 is 1.24 bits per heavy atom. The molecule has 2 heterocycles. The molecule has 25 heavy (non-hydrogen) atoms. The number of carbonyl (C=O) groups is 2. The molecule has 0 radical (unpaired) electrons. The number of fused-ring (bicyclic) bond motifs is 1. The molecule has 1 aromatic heterocycles. The lowest BCUT2D eigenvalue weighted by molar-refractivity contribution is -0.133. The SMILES string of the molecule is O=C(CCc1nc2ccccc2[nH]c1=O)NCCN1CCCCC1=O. The van der Waals surface area contributed by atoms with Crippen LogP contribution in [0.2, 0.25) is 0 Å². The highest BCUT2D eigenvalue weighted by Gasteiger charge is 2.17. The topological polar surface area (TPSA) is 95.2 Å². The van der Waals surface area contributed by atoms with E-state index in [-0.39, 0.29) is 30.2 Å². The Hall–Kier alpha value is -2.70. The summed E-state index contributed by atoms with van der Waals surface area (Å²) in [6.45, 7) is 1.75. The molecule has 1 aromatic carbocycles. The van der Waals surface area contributed by atoms with Crippen LogP contribution in [0.3, 0.4) is 0 Å². The average Bonchev–Trinajstić information content (AvgIpc) is 2.61. The van der Waals surface area contributed by atoms with Crippen molar-refractivity contribution >= 4 is 22.8 Å². The molecule has 7 heteroatoms. The highest BCUT2D eigenvalue weighted by Crippen LogP contribution is 2.09. The minimum Gasteiger partial charge on any atom is -0.354 e. The molecule has 0 unspecified atom stereocenters. The first-order valence-electron chi connectivity index (χ1n) is 8.66. The number of hydrogen-bond acceptors (Lipinski definition) is 4. The number of hydrogen-bond donors (Lipinski definition) is 2. The summed E-state index contributed by atoms with van der Waals surface area (Å²) in [4.78, 5) is 44.6. The summed E-state index contributed by atoms with van der Waals surface area (Å²) in [6, 6.07) is 7.30. The number of amides is 2. The molecule has 0 saturated carbocycles. The second-order valence-corrected chi connectivity index (χ2v) is 6.22. The molecule has 1 aliphatic heterocycles. The van der Waals surface area contributed by atoms with Crippen LogP contribution in [0.4, 0.5) is 0 Å². The van der Waals surface area contributed by atoms with Crippen molar-refractivity contribution in [2.75, 3.05) is 19.6 Å². The molecule has 1 aliphatic rings. The largest absolute Gasteiger partial charge is 0.354 e. The van der Waals surface area contributed by atoms with Crippen LogP contribution in [-0.2, 0) is 16.0 Å². The third-order valence-corrected chi connectivity index (χ3v) is 4.38. The number of likely N-dealkylation sites (tertiary alicyclic amines) is 1. The Balaban J connectivity index is 1.48. The number of carbonyl (C=O) groups excluding carboxylic acids is 2. The molecule has 1 saturated heterocycles. The van der Waals surface area contributed by atoms with Crippen molar-refractivity contribution < 1.29 is 9.59 Å². The second-order valence-electron chi connectivity index (χ2n) is 6.22. The first-order valence-corrected chi connectivity index (χ1v) is 8.66. The number of rotatable bonds is 6. The molecule has 0 atom stereocenters. The molecule has 0 aliphatic carbocycles. The smallest absolute Gasteiger partial charge is 0.270 e. The summed E-state index contributed by atoms with van der Waals surface area (Å²) in [5, 5.41) is 2.80. The number of benzene rings is 1. The van der Waals surface area contributed by atoms with Crippen LogP contribution >= 0.6 is 0 Å². The minimum absolute atomic E-state index is 0.140. The van der Waals surface area contributed by atoms with E-state index < -0.39 is 0 Å². The molecular weight excluding hydrogens is 320 g/mol. The fraction of sp³-hybridized carbons (Fsp3) is 0.444. The number of piperidine rings is 1. The summed E-state index contributed by atoms with van der Waals surface area (Å²) in [5.74, 6) is 0.0196. The zero-order valence-corrected chi connectivity index (χ0v) is 14.1. The standard InChI is InChI=1S/C18H22N4O3/c23-16(19-10-12-22-11-4-3-7-17(22)24)9-8-15-18(25)21-14-6-2-1-5-13(14)20-15/h1-2,5-6H,3-4,7-12H2,(H,19,23)(H,21,25). The van der Waals surface area contributed by atoms with E-state index in [2.05, 4.69) is 15.3 Å². The lowest BCUT2D eigenvalue weighted by Gasteiger charge is -2.26. The highest BCUT2D eigenvalue weighted by atomic mass is 16.2. The average molecular weight is 342 g/mol. The summed E-state index contributed by atoms with van der Waals surface area (Å²) in [5.41, 5.74) is 1.50. The van der Waals surface area contributed by atoms with Crippen LogP contribution in [0.25, 0.3) is 11.0 Å². The number of aromatic nitrogens is 2. The van der Waals surface area contributed by atoms with Gasteiger partial charge in [-0.1, -0.05) is 12.1 Å². The maximum Gasteiger partial charge on any atom is 0.270 e. The summed E-state index contributed by atoms with van der Waals surface area (Å²) in [6.07, 6.45) is 3.06. The van der Waals surface area contributed by atoms with E-state index in [0.717, 1.165) is 19.4 Å². The summed E-state index contributed by atoms with van der Waals surface area (Å²) in [7, 11) is 0. The number of nitrogens with one attached hydrogen (secondary N) is 2. The molecule has 2 aromatic rings. The third-order valence-electron chi connectivity index (χ3n) is 4.38. The lowest BCUT2D eigenvalue weighted by Crippen LogP contribution is -2.41. The number of para-hydroxylation sites is 2. The molecule has 2 amide bonds. The highest BCUT2D eigenvalue weighted by molar-refractivity contribution is 5.78. The van der Waals surface area contributed by atoms with Crippen molar-refractivity contribution in [2.45, 2.75) is 32.1 Å². The fourth-order valence-corrected chi connectivity index (χ4v) is 2.99. The first-order chi connectivity index (χ1) is 12.1. The van der Waals surface area contributed by atoms with Gasteiger partial charge in [-0.25, -0.2) is 4.98 Å². The van der Waals surface area contributed by atoms with E-state index in [4.69, 9.17) is 0 Å². The summed E-state index contributed by atoms with van der Waals surface area (Å²) >= 11 is 0. The number of aryl methyl sites for hydroxylation is 1. The van der Waals surface area contributed by atoms with Gasteiger partial charge in [-0.05, 0) is 25.0 Å². The molecule has 7 nitrogen and oxygen atoms in total. The second kappa shape index (κ2) is 7.92. The van der Waals surface area contributed by atoms with Gasteiger partial charge in [-0.3, -0.25) is 14.4 Å². The van der Waals surface area contributed by atoms with E-state index in [1.54, 1.807) is 11.0 Å². The van der Waals surface area contributed by atoms with Gasteiger partial charge >= 0.3 is 0 Å². The molecule has 0 bridgehead atoms. The van der Waals surface area contributed by atoms with Gasteiger partial charge in [0.1, 0.15) is 5.69 Å². The Morgan fingerprint density at radius 3 is 2.92 bits per heavy atom. The Labute approximate surface area is 145 Å². The molecular formula is C18H22N4O3. The zero-order chi connectivity index (χ0) is 17.6. The quantitative estimate of drug-likeness (QED) is 0.818. The molecule has 132 valence electrons. The number of nitrogens with zero attached hydrogens (tertiary/aromatic N) is 2. The minimum atomic E-state index is -0.259. The zero-order valence-electron chi connectivity index (χ0n) is 14.1.